The summed E-state index contributed by atoms with van der Waals surface area (Å²) in [6.07, 6.45) is 2.93. The molecule has 0 aliphatic carbocycles. The third-order valence-electron chi connectivity index (χ3n) is 5.73. The highest BCUT2D eigenvalue weighted by molar-refractivity contribution is 6.38. The maximum absolute atomic E-state index is 14.1. The Morgan fingerprint density at radius 1 is 1.00 bits per heavy atom. The molecule has 8 heteroatoms. The van der Waals surface area contributed by atoms with Crippen LogP contribution in [0.3, 0.4) is 0 Å². The van der Waals surface area contributed by atoms with E-state index in [1.54, 1.807) is 31.2 Å². The molecule has 0 aliphatic heterocycles. The van der Waals surface area contributed by atoms with Gasteiger partial charge in [0.1, 0.15) is 11.4 Å². The summed E-state index contributed by atoms with van der Waals surface area (Å²) in [5.41, 5.74) is 1.26. The van der Waals surface area contributed by atoms with E-state index < -0.39 is 17.5 Å². The van der Waals surface area contributed by atoms with Crippen LogP contribution >= 0.6 is 23.2 Å². The summed E-state index contributed by atoms with van der Waals surface area (Å²) in [5, 5.41) is 3.68. The fourth-order valence-corrected chi connectivity index (χ4v) is 4.33. The summed E-state index contributed by atoms with van der Waals surface area (Å²) in [6, 6.07) is 14.0. The first-order valence-electron chi connectivity index (χ1n) is 11.6. The van der Waals surface area contributed by atoms with Crippen LogP contribution in [0.4, 0.5) is 10.1 Å². The van der Waals surface area contributed by atoms with E-state index in [1.165, 1.54) is 24.3 Å². The van der Waals surface area contributed by atoms with Crippen molar-refractivity contribution in [3.05, 3.63) is 92.9 Å². The van der Waals surface area contributed by atoms with Gasteiger partial charge in [0, 0.05) is 16.5 Å². The largest absolute Gasteiger partial charge is 0.490 e. The van der Waals surface area contributed by atoms with Gasteiger partial charge in [-0.2, -0.15) is 0 Å². The van der Waals surface area contributed by atoms with Crippen LogP contribution in [0.5, 0.6) is 5.75 Å². The zero-order valence-electron chi connectivity index (χ0n) is 19.8. The second kappa shape index (κ2) is 11.1. The lowest BCUT2D eigenvalue weighted by atomic mass is 10.0. The van der Waals surface area contributed by atoms with Crippen molar-refractivity contribution in [3.8, 4) is 5.75 Å². The van der Waals surface area contributed by atoms with E-state index in [2.05, 4.69) is 12.2 Å². The van der Waals surface area contributed by atoms with Gasteiger partial charge in [-0.05, 0) is 49.2 Å². The molecule has 0 unspecified atom stereocenters. The highest BCUT2D eigenvalue weighted by Crippen LogP contribution is 2.36. The second-order valence-corrected chi connectivity index (χ2v) is 9.19. The predicted molar refractivity (Wildman–Crippen MR) is 140 cm³/mol. The Bertz CT molecular complexity index is 1420. The van der Waals surface area contributed by atoms with Crippen LogP contribution in [0.15, 0.2) is 59.0 Å². The highest BCUT2D eigenvalue weighted by atomic mass is 35.5. The average Bonchev–Trinajstić information content (AvgIpc) is 3.22. The summed E-state index contributed by atoms with van der Waals surface area (Å²) in [4.78, 5) is 26.4. The average molecular weight is 528 g/mol. The van der Waals surface area contributed by atoms with Crippen LogP contribution < -0.4 is 10.1 Å². The number of rotatable bonds is 9. The molecule has 1 amide bonds. The molecule has 0 bridgehead atoms. The molecule has 1 aromatic heterocycles. The van der Waals surface area contributed by atoms with E-state index in [-0.39, 0.29) is 32.6 Å². The van der Waals surface area contributed by atoms with Gasteiger partial charge in [0.05, 0.1) is 22.3 Å². The zero-order valence-corrected chi connectivity index (χ0v) is 21.3. The Morgan fingerprint density at radius 2 is 1.72 bits per heavy atom. The first kappa shape index (κ1) is 25.7. The number of fused-ring (bicyclic) bond motifs is 1. The number of carbonyl (C=O) groups excluding carboxylic acids is 2. The quantitative estimate of drug-likeness (QED) is 0.176. The minimum atomic E-state index is -0.563. The number of amides is 1. The molecule has 0 atom stereocenters. The summed E-state index contributed by atoms with van der Waals surface area (Å²) in [7, 11) is 0. The van der Waals surface area contributed by atoms with Crippen LogP contribution in [0.2, 0.25) is 10.0 Å². The number of ketones is 1. The molecular formula is C28H24Cl2FNO4. The number of ether oxygens (including phenoxy) is 1. The van der Waals surface area contributed by atoms with Crippen LogP contribution in [-0.4, -0.2) is 18.3 Å². The number of aryl methyl sites for hydroxylation is 1. The van der Waals surface area contributed by atoms with E-state index in [4.69, 9.17) is 32.4 Å². The molecule has 4 rings (SSSR count). The fourth-order valence-electron chi connectivity index (χ4n) is 3.74. The molecule has 0 fully saturated rings. The topological polar surface area (TPSA) is 68.5 Å². The summed E-state index contributed by atoms with van der Waals surface area (Å²) in [6.45, 7) is 4.16. The van der Waals surface area contributed by atoms with Crippen LogP contribution in [-0.2, 0) is 0 Å². The number of hydrogen-bond donors (Lipinski definition) is 1. The SMILES string of the molecule is CCCCCOc1c(Cl)cc(C(=O)Nc2c(C(=O)c3ccc(C)c(F)c3)oc3ccccc23)cc1Cl. The van der Waals surface area contributed by atoms with Gasteiger partial charge in [-0.3, -0.25) is 9.59 Å². The van der Waals surface area contributed by atoms with Crippen molar-refractivity contribution in [2.45, 2.75) is 33.1 Å². The molecule has 0 saturated carbocycles. The number of nitrogens with one attached hydrogen (secondary N) is 1. The van der Waals surface area contributed by atoms with Crippen molar-refractivity contribution in [2.75, 3.05) is 11.9 Å². The minimum absolute atomic E-state index is 0.100. The van der Waals surface area contributed by atoms with Crippen LogP contribution in [0, 0.1) is 12.7 Å². The van der Waals surface area contributed by atoms with Gasteiger partial charge in [0.25, 0.3) is 5.91 Å². The molecule has 0 radical (unpaired) electrons. The lowest BCUT2D eigenvalue weighted by molar-refractivity contribution is 0.101. The Morgan fingerprint density at radius 3 is 2.42 bits per heavy atom. The molecule has 36 heavy (non-hydrogen) atoms. The van der Waals surface area contributed by atoms with E-state index >= 15 is 0 Å². The molecule has 1 heterocycles. The predicted octanol–water partition coefficient (Wildman–Crippen LogP) is 8.24. The first-order valence-corrected chi connectivity index (χ1v) is 12.3. The Kier molecular flexibility index (Phi) is 7.97. The van der Waals surface area contributed by atoms with Crippen molar-refractivity contribution in [1.82, 2.24) is 0 Å². The van der Waals surface area contributed by atoms with Crippen LogP contribution in [0.25, 0.3) is 11.0 Å². The van der Waals surface area contributed by atoms with Crippen molar-refractivity contribution < 1.29 is 23.1 Å². The van der Waals surface area contributed by atoms with Crippen molar-refractivity contribution in [1.29, 1.82) is 0 Å². The molecule has 3 aromatic carbocycles. The van der Waals surface area contributed by atoms with Crippen molar-refractivity contribution >= 4 is 51.5 Å². The molecule has 0 saturated heterocycles. The maximum Gasteiger partial charge on any atom is 0.255 e. The number of benzene rings is 3. The monoisotopic (exact) mass is 527 g/mol. The number of furan rings is 1. The number of para-hydroxylation sites is 1. The number of carbonyl (C=O) groups is 2. The molecule has 5 nitrogen and oxygen atoms in total. The second-order valence-electron chi connectivity index (χ2n) is 8.37. The number of anilines is 1. The Hall–Kier alpha value is -3.35. The molecule has 4 aromatic rings. The number of unbranched alkanes of at least 4 members (excludes halogenated alkanes) is 2. The summed E-state index contributed by atoms with van der Waals surface area (Å²) in [5.74, 6) is -1.42. The van der Waals surface area contributed by atoms with Crippen molar-refractivity contribution in [3.63, 3.8) is 0 Å². The van der Waals surface area contributed by atoms with E-state index in [0.717, 1.165) is 25.3 Å². The van der Waals surface area contributed by atoms with Gasteiger partial charge in [0.2, 0.25) is 5.78 Å². The fraction of sp³-hybridized carbons (Fsp3) is 0.214. The van der Waals surface area contributed by atoms with E-state index in [9.17, 15) is 14.0 Å². The lowest BCUT2D eigenvalue weighted by Crippen LogP contribution is -2.15. The number of halogens is 3. The van der Waals surface area contributed by atoms with Crippen molar-refractivity contribution in [2.24, 2.45) is 0 Å². The minimum Gasteiger partial charge on any atom is -0.490 e. The summed E-state index contributed by atoms with van der Waals surface area (Å²) < 4.78 is 25.6. The third-order valence-corrected chi connectivity index (χ3v) is 6.29. The smallest absolute Gasteiger partial charge is 0.255 e. The normalized spacial score (nSPS) is 11.0. The number of hydrogen-bond acceptors (Lipinski definition) is 4. The van der Waals surface area contributed by atoms with Crippen LogP contribution in [0.1, 0.15) is 58.2 Å². The summed E-state index contributed by atoms with van der Waals surface area (Å²) >= 11 is 12.7. The zero-order chi connectivity index (χ0) is 25.8. The van der Waals surface area contributed by atoms with E-state index in [0.29, 0.717) is 28.9 Å². The molecule has 0 aliphatic rings. The molecule has 0 spiro atoms. The Labute approximate surface area is 218 Å². The first-order chi connectivity index (χ1) is 17.3. The Balaban J connectivity index is 1.66. The highest BCUT2D eigenvalue weighted by Gasteiger charge is 2.25. The van der Waals surface area contributed by atoms with E-state index in [1.807, 2.05) is 0 Å². The van der Waals surface area contributed by atoms with Gasteiger partial charge < -0.3 is 14.5 Å². The van der Waals surface area contributed by atoms with Gasteiger partial charge in [-0.15, -0.1) is 0 Å². The molecular weight excluding hydrogens is 504 g/mol. The lowest BCUT2D eigenvalue weighted by Gasteiger charge is -2.12. The standard InChI is InChI=1S/C28H24Cl2FNO4/c1-3-4-7-12-35-26-20(29)13-18(14-21(26)30)28(34)32-24-19-8-5-6-9-23(19)36-27(24)25(33)17-11-10-16(2)22(31)15-17/h5-6,8-11,13-15H,3-4,7,12H2,1-2H3,(H,32,34). The third kappa shape index (κ3) is 5.40. The molecule has 186 valence electrons. The maximum atomic E-state index is 14.1. The van der Waals surface area contributed by atoms with Gasteiger partial charge in [-0.25, -0.2) is 4.39 Å². The van der Waals surface area contributed by atoms with Gasteiger partial charge in [-0.1, -0.05) is 67.2 Å². The van der Waals surface area contributed by atoms with Gasteiger partial charge in [0.15, 0.2) is 11.5 Å². The van der Waals surface area contributed by atoms with Gasteiger partial charge >= 0.3 is 0 Å². The molecule has 1 N–H and O–H groups in total.